The maximum Gasteiger partial charge on any atom is 0.306 e. The molecule has 0 aliphatic heterocycles. The van der Waals surface area contributed by atoms with Crippen molar-refractivity contribution >= 4 is 18.0 Å². The van der Waals surface area contributed by atoms with E-state index in [1.807, 2.05) is 0 Å². The van der Waals surface area contributed by atoms with E-state index >= 15 is 0 Å². The molecule has 1 unspecified atom stereocenters. The van der Waals surface area contributed by atoms with Crippen LogP contribution in [0.1, 0.15) is 18.9 Å². The van der Waals surface area contributed by atoms with Gasteiger partial charge in [0.2, 0.25) is 5.91 Å². The Bertz CT molecular complexity index is 485. The van der Waals surface area contributed by atoms with E-state index in [4.69, 9.17) is 5.11 Å². The van der Waals surface area contributed by atoms with Crippen molar-refractivity contribution in [1.29, 1.82) is 0 Å². The first-order chi connectivity index (χ1) is 8.99. The van der Waals surface area contributed by atoms with Crippen molar-refractivity contribution in [3.05, 3.63) is 41.7 Å². The molecule has 0 aliphatic carbocycles. The van der Waals surface area contributed by atoms with E-state index in [-0.39, 0.29) is 11.7 Å². The van der Waals surface area contributed by atoms with E-state index in [2.05, 4.69) is 5.32 Å². The number of carbonyl (C=O) groups excluding carboxylic acids is 1. The van der Waals surface area contributed by atoms with E-state index in [0.717, 1.165) is 0 Å². The summed E-state index contributed by atoms with van der Waals surface area (Å²) in [6, 6.07) is 5.88. The van der Waals surface area contributed by atoms with Crippen molar-refractivity contribution in [3.8, 4) is 0 Å². The van der Waals surface area contributed by atoms with Gasteiger partial charge in [-0.15, -0.1) is 0 Å². The number of amides is 1. The maximum absolute atomic E-state index is 12.9. The number of carboxylic acid groups (broad SMARTS) is 1. The van der Waals surface area contributed by atoms with Crippen LogP contribution in [0.25, 0.3) is 6.08 Å². The minimum absolute atomic E-state index is 0.291. The second-order valence-electron chi connectivity index (χ2n) is 4.21. The molecule has 1 aromatic rings. The number of rotatable bonds is 6. The number of hydrogen-bond acceptors (Lipinski definition) is 2. The van der Waals surface area contributed by atoms with E-state index < -0.39 is 11.9 Å². The van der Waals surface area contributed by atoms with Crippen LogP contribution < -0.4 is 5.32 Å². The first kappa shape index (κ1) is 14.9. The van der Waals surface area contributed by atoms with Crippen LogP contribution in [0.3, 0.4) is 0 Å². The van der Waals surface area contributed by atoms with E-state index in [0.29, 0.717) is 18.5 Å². The molecule has 102 valence electrons. The Kier molecular flexibility index (Phi) is 5.73. The predicted molar refractivity (Wildman–Crippen MR) is 69.9 cm³/mol. The molecular formula is C14H16FNO3. The SMILES string of the molecule is CC(CCNC(=O)/C=C/c1cccc(F)c1)C(=O)O. The third-order valence-corrected chi connectivity index (χ3v) is 2.57. The highest BCUT2D eigenvalue weighted by Crippen LogP contribution is 2.05. The first-order valence-corrected chi connectivity index (χ1v) is 5.93. The smallest absolute Gasteiger partial charge is 0.306 e. The minimum atomic E-state index is -0.885. The number of carboxylic acids is 1. The fraction of sp³-hybridized carbons (Fsp3) is 0.286. The highest BCUT2D eigenvalue weighted by Gasteiger charge is 2.09. The molecule has 0 fully saturated rings. The van der Waals surface area contributed by atoms with E-state index in [9.17, 15) is 14.0 Å². The summed E-state index contributed by atoms with van der Waals surface area (Å²) in [5.74, 6) is -2.07. The molecule has 5 heteroatoms. The summed E-state index contributed by atoms with van der Waals surface area (Å²) in [7, 11) is 0. The Hall–Kier alpha value is -2.17. The highest BCUT2D eigenvalue weighted by atomic mass is 19.1. The number of nitrogens with one attached hydrogen (secondary N) is 1. The van der Waals surface area contributed by atoms with Crippen molar-refractivity contribution in [3.63, 3.8) is 0 Å². The van der Waals surface area contributed by atoms with Crippen LogP contribution in [0.4, 0.5) is 4.39 Å². The topological polar surface area (TPSA) is 66.4 Å². The van der Waals surface area contributed by atoms with Gasteiger partial charge in [0.05, 0.1) is 5.92 Å². The Morgan fingerprint density at radius 3 is 2.84 bits per heavy atom. The Morgan fingerprint density at radius 1 is 1.47 bits per heavy atom. The summed E-state index contributed by atoms with van der Waals surface area (Å²) >= 11 is 0. The zero-order valence-corrected chi connectivity index (χ0v) is 10.6. The van der Waals surface area contributed by atoms with Crippen molar-refractivity contribution in [2.75, 3.05) is 6.54 Å². The fourth-order valence-electron chi connectivity index (χ4n) is 1.38. The molecular weight excluding hydrogens is 249 g/mol. The lowest BCUT2D eigenvalue weighted by atomic mass is 10.1. The van der Waals surface area contributed by atoms with Gasteiger partial charge in [-0.05, 0) is 30.2 Å². The Labute approximate surface area is 110 Å². The van der Waals surface area contributed by atoms with Gasteiger partial charge in [0.1, 0.15) is 5.82 Å². The largest absolute Gasteiger partial charge is 0.481 e. The van der Waals surface area contributed by atoms with Crippen LogP contribution in [0, 0.1) is 11.7 Å². The molecule has 1 amide bonds. The summed E-state index contributed by atoms with van der Waals surface area (Å²) < 4.78 is 12.9. The monoisotopic (exact) mass is 265 g/mol. The summed E-state index contributed by atoms with van der Waals surface area (Å²) in [5.41, 5.74) is 0.592. The molecule has 2 N–H and O–H groups in total. The first-order valence-electron chi connectivity index (χ1n) is 5.93. The lowest BCUT2D eigenvalue weighted by molar-refractivity contribution is -0.141. The van der Waals surface area contributed by atoms with Crippen LogP contribution >= 0.6 is 0 Å². The molecule has 0 bridgehead atoms. The number of halogens is 1. The normalized spacial score (nSPS) is 12.3. The zero-order valence-electron chi connectivity index (χ0n) is 10.6. The van der Waals surface area contributed by atoms with Gasteiger partial charge in [-0.2, -0.15) is 0 Å². The third-order valence-electron chi connectivity index (χ3n) is 2.57. The third kappa shape index (κ3) is 5.81. The summed E-state index contributed by atoms with van der Waals surface area (Å²) in [4.78, 5) is 22.0. The molecule has 0 aliphatic rings. The van der Waals surface area contributed by atoms with Crippen molar-refractivity contribution < 1.29 is 19.1 Å². The van der Waals surface area contributed by atoms with Crippen LogP contribution in [0.15, 0.2) is 30.3 Å². The molecule has 0 heterocycles. The van der Waals surface area contributed by atoms with Crippen molar-refractivity contribution in [2.45, 2.75) is 13.3 Å². The Balaban J connectivity index is 2.37. The van der Waals surface area contributed by atoms with Gasteiger partial charge in [-0.25, -0.2) is 4.39 Å². The molecule has 1 rings (SSSR count). The van der Waals surface area contributed by atoms with Gasteiger partial charge in [-0.3, -0.25) is 9.59 Å². The average molecular weight is 265 g/mol. The number of hydrogen-bond donors (Lipinski definition) is 2. The van der Waals surface area contributed by atoms with Crippen molar-refractivity contribution in [1.82, 2.24) is 5.32 Å². The van der Waals surface area contributed by atoms with Crippen LogP contribution in [0.2, 0.25) is 0 Å². The molecule has 4 nitrogen and oxygen atoms in total. The standard InChI is InChI=1S/C14H16FNO3/c1-10(14(18)19)7-8-16-13(17)6-5-11-3-2-4-12(15)9-11/h2-6,9-10H,7-8H2,1H3,(H,16,17)(H,18,19)/b6-5+. The molecule has 0 radical (unpaired) electrons. The molecule has 19 heavy (non-hydrogen) atoms. The number of carbonyl (C=O) groups is 2. The fourth-order valence-corrected chi connectivity index (χ4v) is 1.38. The highest BCUT2D eigenvalue weighted by molar-refractivity contribution is 5.91. The van der Waals surface area contributed by atoms with Gasteiger partial charge < -0.3 is 10.4 Å². The molecule has 1 aromatic carbocycles. The van der Waals surface area contributed by atoms with Gasteiger partial charge >= 0.3 is 5.97 Å². The number of benzene rings is 1. The lowest BCUT2D eigenvalue weighted by Gasteiger charge is -2.05. The summed E-state index contributed by atoms with van der Waals surface area (Å²) in [6.45, 7) is 1.87. The van der Waals surface area contributed by atoms with Gasteiger partial charge in [0.15, 0.2) is 0 Å². The van der Waals surface area contributed by atoms with Gasteiger partial charge in [0.25, 0.3) is 0 Å². The van der Waals surface area contributed by atoms with E-state index in [1.165, 1.54) is 24.3 Å². The predicted octanol–water partition coefficient (Wildman–Crippen LogP) is 2.07. The minimum Gasteiger partial charge on any atom is -0.481 e. The second kappa shape index (κ2) is 7.31. The quantitative estimate of drug-likeness (QED) is 0.774. The molecule has 0 aromatic heterocycles. The molecule has 0 saturated carbocycles. The van der Waals surface area contributed by atoms with Gasteiger partial charge in [-0.1, -0.05) is 19.1 Å². The second-order valence-corrected chi connectivity index (χ2v) is 4.21. The van der Waals surface area contributed by atoms with E-state index in [1.54, 1.807) is 19.1 Å². The average Bonchev–Trinajstić information content (AvgIpc) is 2.36. The lowest BCUT2D eigenvalue weighted by Crippen LogP contribution is -2.25. The molecule has 1 atom stereocenters. The van der Waals surface area contributed by atoms with Gasteiger partial charge in [0, 0.05) is 12.6 Å². The summed E-state index contributed by atoms with van der Waals surface area (Å²) in [5, 5.41) is 11.2. The molecule has 0 spiro atoms. The van der Waals surface area contributed by atoms with Crippen LogP contribution in [-0.2, 0) is 9.59 Å². The van der Waals surface area contributed by atoms with Crippen molar-refractivity contribution in [2.24, 2.45) is 5.92 Å². The van der Waals surface area contributed by atoms with Crippen LogP contribution in [-0.4, -0.2) is 23.5 Å². The van der Waals surface area contributed by atoms with Crippen LogP contribution in [0.5, 0.6) is 0 Å². The summed E-state index contributed by atoms with van der Waals surface area (Å²) in [6.07, 6.45) is 3.16. The maximum atomic E-state index is 12.9. The zero-order chi connectivity index (χ0) is 14.3. The number of aliphatic carboxylic acids is 1. The Morgan fingerprint density at radius 2 is 2.21 bits per heavy atom. The molecule has 0 saturated heterocycles.